The zero-order valence-electron chi connectivity index (χ0n) is 16.4. The number of piperidine rings is 1. The van der Waals surface area contributed by atoms with Gasteiger partial charge in [0.15, 0.2) is 0 Å². The maximum Gasteiger partial charge on any atom is 0.317 e. The molecule has 3 rings (SSSR count). The van der Waals surface area contributed by atoms with E-state index in [9.17, 15) is 9.59 Å². The number of carbonyl (C=O) groups is 2. The summed E-state index contributed by atoms with van der Waals surface area (Å²) in [5.41, 5.74) is 0.835. The molecule has 5 nitrogen and oxygen atoms in total. The molecule has 0 aromatic heterocycles. The summed E-state index contributed by atoms with van der Waals surface area (Å²) in [6, 6.07) is 10.5. The lowest BCUT2D eigenvalue weighted by Gasteiger charge is -2.36. The van der Waals surface area contributed by atoms with E-state index in [0.717, 1.165) is 31.2 Å². The Morgan fingerprint density at radius 3 is 2.44 bits per heavy atom. The highest BCUT2D eigenvalue weighted by molar-refractivity contribution is 5.79. The number of nitrogens with zero attached hydrogens (tertiary/aromatic N) is 1. The Labute approximate surface area is 162 Å². The van der Waals surface area contributed by atoms with Gasteiger partial charge in [0.25, 0.3) is 0 Å². The molecule has 148 valence electrons. The molecule has 0 spiro atoms. The highest BCUT2D eigenvalue weighted by Gasteiger charge is 2.40. The van der Waals surface area contributed by atoms with E-state index in [1.807, 2.05) is 37.3 Å². The standard InChI is InChI=1S/C22H31NO4/c1-3-4-10-21(24)26-15-20(16-8-6-5-7-9-16)22(25)27-19-13-17-11-12-18(14-19)23(17)2/h5-9,17-20H,3-4,10-15H2,1-2H3/t17-,18+,19+,20?. The molecule has 0 N–H and O–H groups in total. The molecule has 2 fully saturated rings. The third-order valence-corrected chi connectivity index (χ3v) is 5.97. The zero-order chi connectivity index (χ0) is 19.2. The molecular weight excluding hydrogens is 342 g/mol. The second-order valence-corrected chi connectivity index (χ2v) is 7.83. The van der Waals surface area contributed by atoms with Gasteiger partial charge in [0.05, 0.1) is 0 Å². The SMILES string of the molecule is CCCCC(=O)OCC(C(=O)O[C@H]1C[C@H]2CC[C@@H](C1)N2C)c1ccccc1. The maximum absolute atomic E-state index is 12.9. The first-order chi connectivity index (χ1) is 13.1. The smallest absolute Gasteiger partial charge is 0.317 e. The lowest BCUT2D eigenvalue weighted by Crippen LogP contribution is -2.44. The van der Waals surface area contributed by atoms with Crippen LogP contribution in [0.3, 0.4) is 0 Å². The summed E-state index contributed by atoms with van der Waals surface area (Å²) in [4.78, 5) is 27.3. The van der Waals surface area contributed by atoms with Crippen LogP contribution >= 0.6 is 0 Å². The molecule has 1 aromatic rings. The Kier molecular flexibility index (Phi) is 6.89. The fraction of sp³-hybridized carbons (Fsp3) is 0.636. The molecule has 0 amide bonds. The van der Waals surface area contributed by atoms with Crippen molar-refractivity contribution in [3.8, 4) is 0 Å². The number of carbonyl (C=O) groups excluding carboxylic acids is 2. The van der Waals surface area contributed by atoms with Crippen molar-refractivity contribution in [1.82, 2.24) is 4.90 Å². The third-order valence-electron chi connectivity index (χ3n) is 5.97. The molecular formula is C22H31NO4. The van der Waals surface area contributed by atoms with E-state index in [2.05, 4.69) is 11.9 Å². The third kappa shape index (κ3) is 5.10. The number of hydrogen-bond donors (Lipinski definition) is 0. The highest BCUT2D eigenvalue weighted by atomic mass is 16.6. The van der Waals surface area contributed by atoms with E-state index in [0.29, 0.717) is 18.5 Å². The van der Waals surface area contributed by atoms with Crippen LogP contribution in [0, 0.1) is 0 Å². The molecule has 0 saturated carbocycles. The van der Waals surface area contributed by atoms with Crippen LogP contribution in [0.25, 0.3) is 0 Å². The molecule has 1 aromatic carbocycles. The minimum atomic E-state index is -0.561. The molecule has 2 heterocycles. The van der Waals surface area contributed by atoms with Gasteiger partial charge in [-0.1, -0.05) is 43.7 Å². The minimum Gasteiger partial charge on any atom is -0.464 e. The second kappa shape index (κ2) is 9.36. The average Bonchev–Trinajstić information content (AvgIpc) is 2.88. The van der Waals surface area contributed by atoms with E-state index in [1.165, 1.54) is 12.8 Å². The summed E-state index contributed by atoms with van der Waals surface area (Å²) < 4.78 is 11.3. The minimum absolute atomic E-state index is 0.0341. The Morgan fingerprint density at radius 1 is 1.15 bits per heavy atom. The fourth-order valence-corrected chi connectivity index (χ4v) is 4.26. The van der Waals surface area contributed by atoms with Crippen molar-refractivity contribution in [2.75, 3.05) is 13.7 Å². The Bertz CT molecular complexity index is 618. The molecule has 1 unspecified atom stereocenters. The first-order valence-corrected chi connectivity index (χ1v) is 10.2. The van der Waals surface area contributed by atoms with Crippen molar-refractivity contribution in [3.63, 3.8) is 0 Å². The second-order valence-electron chi connectivity index (χ2n) is 7.83. The van der Waals surface area contributed by atoms with Crippen molar-refractivity contribution >= 4 is 11.9 Å². The van der Waals surface area contributed by atoms with E-state index in [4.69, 9.17) is 9.47 Å². The lowest BCUT2D eigenvalue weighted by atomic mass is 9.98. The normalized spacial score (nSPS) is 25.8. The molecule has 27 heavy (non-hydrogen) atoms. The molecule has 2 aliphatic rings. The first kappa shape index (κ1) is 19.9. The summed E-state index contributed by atoms with van der Waals surface area (Å²) in [5.74, 6) is -1.09. The van der Waals surface area contributed by atoms with Gasteiger partial charge in [-0.25, -0.2) is 0 Å². The molecule has 4 atom stereocenters. The number of hydrogen-bond acceptors (Lipinski definition) is 5. The summed E-state index contributed by atoms with van der Waals surface area (Å²) >= 11 is 0. The predicted octanol–water partition coefficient (Wildman–Crippen LogP) is 3.67. The van der Waals surface area contributed by atoms with Gasteiger partial charge in [-0.15, -0.1) is 0 Å². The van der Waals surface area contributed by atoms with Crippen LogP contribution in [0.5, 0.6) is 0 Å². The van der Waals surface area contributed by atoms with Gasteiger partial charge in [-0.2, -0.15) is 0 Å². The quantitative estimate of drug-likeness (QED) is 0.651. The van der Waals surface area contributed by atoms with Crippen molar-refractivity contribution in [1.29, 1.82) is 0 Å². The van der Waals surface area contributed by atoms with Crippen LogP contribution in [0.15, 0.2) is 30.3 Å². The number of unbranched alkanes of at least 4 members (excludes halogenated alkanes) is 1. The fourth-order valence-electron chi connectivity index (χ4n) is 4.26. The Morgan fingerprint density at radius 2 is 1.81 bits per heavy atom. The van der Waals surface area contributed by atoms with Gasteiger partial charge in [0, 0.05) is 18.5 Å². The largest absolute Gasteiger partial charge is 0.464 e. The molecule has 2 bridgehead atoms. The van der Waals surface area contributed by atoms with Crippen LogP contribution in [-0.2, 0) is 19.1 Å². The number of ether oxygens (including phenoxy) is 2. The summed E-state index contributed by atoms with van der Waals surface area (Å²) in [6.07, 6.45) is 6.28. The lowest BCUT2D eigenvalue weighted by molar-refractivity contribution is -0.158. The number of fused-ring (bicyclic) bond motifs is 2. The van der Waals surface area contributed by atoms with Crippen molar-refractivity contribution in [2.24, 2.45) is 0 Å². The number of benzene rings is 1. The maximum atomic E-state index is 12.9. The first-order valence-electron chi connectivity index (χ1n) is 10.2. The van der Waals surface area contributed by atoms with Crippen molar-refractivity contribution in [2.45, 2.75) is 76.0 Å². The highest BCUT2D eigenvalue weighted by Crippen LogP contribution is 2.36. The van der Waals surface area contributed by atoms with E-state index >= 15 is 0 Å². The van der Waals surface area contributed by atoms with Crippen molar-refractivity contribution < 1.29 is 19.1 Å². The zero-order valence-corrected chi connectivity index (χ0v) is 16.4. The number of rotatable bonds is 8. The molecule has 0 radical (unpaired) electrons. The summed E-state index contributed by atoms with van der Waals surface area (Å²) in [6.45, 7) is 2.08. The molecule has 2 saturated heterocycles. The van der Waals surface area contributed by atoms with Gasteiger partial charge < -0.3 is 14.4 Å². The molecule has 5 heteroatoms. The molecule has 0 aliphatic carbocycles. The molecule has 2 aliphatic heterocycles. The number of esters is 2. The van der Waals surface area contributed by atoms with Crippen molar-refractivity contribution in [3.05, 3.63) is 35.9 Å². The van der Waals surface area contributed by atoms with Gasteiger partial charge >= 0.3 is 11.9 Å². The van der Waals surface area contributed by atoms with Crippen LogP contribution in [0.4, 0.5) is 0 Å². The predicted molar refractivity (Wildman–Crippen MR) is 103 cm³/mol. The monoisotopic (exact) mass is 373 g/mol. The van der Waals surface area contributed by atoms with Crippen LogP contribution in [-0.4, -0.2) is 48.7 Å². The van der Waals surface area contributed by atoms with Gasteiger partial charge in [0.2, 0.25) is 0 Å². The summed E-state index contributed by atoms with van der Waals surface area (Å²) in [7, 11) is 2.17. The van der Waals surface area contributed by atoms with Crippen LogP contribution in [0.2, 0.25) is 0 Å². The van der Waals surface area contributed by atoms with E-state index in [1.54, 1.807) is 0 Å². The Balaban J connectivity index is 1.61. The van der Waals surface area contributed by atoms with E-state index in [-0.39, 0.29) is 24.6 Å². The summed E-state index contributed by atoms with van der Waals surface area (Å²) in [5, 5.41) is 0. The van der Waals surface area contributed by atoms with Gasteiger partial charge in [-0.05, 0) is 44.7 Å². The average molecular weight is 373 g/mol. The Hall–Kier alpha value is -1.88. The van der Waals surface area contributed by atoms with Crippen LogP contribution in [0.1, 0.15) is 63.4 Å². The topological polar surface area (TPSA) is 55.8 Å². The van der Waals surface area contributed by atoms with Crippen LogP contribution < -0.4 is 0 Å². The van der Waals surface area contributed by atoms with E-state index < -0.39 is 5.92 Å². The van der Waals surface area contributed by atoms with Gasteiger partial charge in [0.1, 0.15) is 18.6 Å². The van der Waals surface area contributed by atoms with Gasteiger partial charge in [-0.3, -0.25) is 9.59 Å².